The van der Waals surface area contributed by atoms with Gasteiger partial charge in [-0.1, -0.05) is 112 Å². The van der Waals surface area contributed by atoms with Gasteiger partial charge in [0.2, 0.25) is 53.2 Å². The second-order valence-corrected chi connectivity index (χ2v) is 23.3. The fourth-order valence-electron chi connectivity index (χ4n) is 8.83. The molecule has 0 fully saturated rings. The molecule has 1 aromatic rings. The number of guanidine groups is 1. The van der Waals surface area contributed by atoms with Gasteiger partial charge in [0.05, 0.1) is 6.10 Å². The maximum absolute atomic E-state index is 14.5. The number of carboxylic acids is 1. The molecule has 0 radical (unpaired) electrons. The van der Waals surface area contributed by atoms with Crippen molar-refractivity contribution in [1.29, 1.82) is 0 Å². The molecule has 0 aliphatic rings. The minimum absolute atomic E-state index is 0.0102. The zero-order valence-corrected chi connectivity index (χ0v) is 51.6. The minimum atomic E-state index is -1.35. The second kappa shape index (κ2) is 38.8. The predicted molar refractivity (Wildman–Crippen MR) is 321 cm³/mol. The Balaban J connectivity index is 3.56. The Hall–Kier alpha value is -6.93. The van der Waals surface area contributed by atoms with E-state index in [0.717, 1.165) is 0 Å². The monoisotopic (exact) mass is 1190 g/mol. The molecule has 0 saturated carbocycles. The van der Waals surface area contributed by atoms with Crippen LogP contribution in [0.4, 0.5) is 0 Å². The van der Waals surface area contributed by atoms with Crippen LogP contribution in [0.5, 0.6) is 0 Å². The quantitative estimate of drug-likeness (QED) is 0.0230. The summed E-state index contributed by atoms with van der Waals surface area (Å²) >= 11 is 0. The number of hydrogen-bond acceptors (Lipinski definition) is 14. The number of carbonyl (C=O) groups is 10. The van der Waals surface area contributed by atoms with Crippen LogP contribution in [0.2, 0.25) is 0 Å². The number of nitrogens with one attached hydrogen (secondary N) is 9. The number of nitrogens with two attached hydrogens (primary N) is 4. The fourth-order valence-corrected chi connectivity index (χ4v) is 8.83. The lowest BCUT2D eigenvalue weighted by atomic mass is 9.96. The zero-order chi connectivity index (χ0) is 64.0. The van der Waals surface area contributed by atoms with Gasteiger partial charge in [0.25, 0.3) is 0 Å². The molecule has 0 aliphatic heterocycles. The molecule has 26 nitrogen and oxygen atoms in total. The molecule has 84 heavy (non-hydrogen) atoms. The predicted octanol–water partition coefficient (Wildman–Crippen LogP) is -0.182. The first-order valence-corrected chi connectivity index (χ1v) is 29.6. The molecule has 0 aliphatic carbocycles. The van der Waals surface area contributed by atoms with Crippen LogP contribution in [0.1, 0.15) is 153 Å². The van der Waals surface area contributed by atoms with Crippen LogP contribution in [0, 0.1) is 29.6 Å². The highest BCUT2D eigenvalue weighted by molar-refractivity contribution is 5.98. The molecule has 26 heteroatoms. The number of aliphatic imine (C=N–C) groups is 1. The number of carbonyl (C=O) groups excluding carboxylic acids is 9. The van der Waals surface area contributed by atoms with E-state index in [2.05, 4.69) is 52.8 Å². The average Bonchev–Trinajstić information content (AvgIpc) is 3.60. The third-order valence-electron chi connectivity index (χ3n) is 14.2. The molecule has 13 atom stereocenters. The number of rotatable bonds is 40. The lowest BCUT2D eigenvalue weighted by Crippen LogP contribution is -2.61. The third kappa shape index (κ3) is 28.1. The van der Waals surface area contributed by atoms with Crippen molar-refractivity contribution in [2.24, 2.45) is 57.5 Å². The normalized spacial score (nSPS) is 16.0. The first-order chi connectivity index (χ1) is 39.4. The summed E-state index contributed by atoms with van der Waals surface area (Å²) in [6.45, 7) is 21.0. The smallest absolute Gasteiger partial charge is 0.326 e. The summed E-state index contributed by atoms with van der Waals surface area (Å²) in [6.07, 6.45) is 1.05. The standard InChI is InChI=1S/C58H102N14O12/c1-13-34(9)46(71-48(74)36(11)64-51(77)43(30-38-21-16-15-17-22-38)69-54(80)45(60)37(12)73)55(81)66-40(24-20-26-63-58(61)62)49(75)67-42(28-32(5)6)53(79)68-41(27-31(3)4)52(78)65-39(23-18-19-25-59)50(76)72-47(35(10)14-2)56(82)70-44(57(83)84)29-33(7)8/h15-17,21-22,31-37,39-47,73H,13-14,18-20,23-30,59-60H2,1-12H3,(H,64,77)(H,65,78)(H,66,81)(H,67,75)(H,68,79)(H,69,80)(H,70,82)(H,71,74)(H,72,76)(H,83,84)(H4,61,62,63)/t34-,35-,36-,37+,39-,40-,41-,42-,43-,44-,45-,46-,47-/m0/s1. The van der Waals surface area contributed by atoms with E-state index in [9.17, 15) is 58.2 Å². The number of benzene rings is 1. The molecule has 0 bridgehead atoms. The molecule has 0 saturated heterocycles. The van der Waals surface area contributed by atoms with E-state index >= 15 is 0 Å². The van der Waals surface area contributed by atoms with Gasteiger partial charge in [-0.05, 0) is 107 Å². The van der Waals surface area contributed by atoms with E-state index in [1.165, 1.54) is 13.8 Å². The molecular formula is C58H102N14O12. The minimum Gasteiger partial charge on any atom is -0.480 e. The Bertz CT molecular complexity index is 2300. The highest BCUT2D eigenvalue weighted by Crippen LogP contribution is 2.16. The first kappa shape index (κ1) is 75.1. The van der Waals surface area contributed by atoms with Gasteiger partial charge in [0.1, 0.15) is 60.4 Å². The Morgan fingerprint density at radius 3 is 1.32 bits per heavy atom. The molecular weight excluding hydrogens is 1080 g/mol. The maximum Gasteiger partial charge on any atom is 0.326 e. The molecule has 1 aromatic carbocycles. The van der Waals surface area contributed by atoms with E-state index in [-0.39, 0.29) is 75.2 Å². The summed E-state index contributed by atoms with van der Waals surface area (Å²) in [4.78, 5) is 142. The Kier molecular flexibility index (Phi) is 34.7. The van der Waals surface area contributed by atoms with E-state index in [0.29, 0.717) is 37.8 Å². The molecule has 1 rings (SSSR count). The van der Waals surface area contributed by atoms with Crippen molar-refractivity contribution in [1.82, 2.24) is 47.9 Å². The van der Waals surface area contributed by atoms with Gasteiger partial charge in [-0.3, -0.25) is 48.1 Å². The zero-order valence-electron chi connectivity index (χ0n) is 51.6. The lowest BCUT2D eigenvalue weighted by molar-refractivity contribution is -0.143. The first-order valence-electron chi connectivity index (χ1n) is 29.6. The number of unbranched alkanes of at least 4 members (excludes halogenated alkanes) is 1. The molecule has 476 valence electrons. The van der Waals surface area contributed by atoms with Crippen LogP contribution in [0.15, 0.2) is 35.3 Å². The summed E-state index contributed by atoms with van der Waals surface area (Å²) in [5, 5.41) is 44.0. The third-order valence-corrected chi connectivity index (χ3v) is 14.2. The summed E-state index contributed by atoms with van der Waals surface area (Å²) < 4.78 is 0. The molecule has 19 N–H and O–H groups in total. The van der Waals surface area contributed by atoms with Gasteiger partial charge < -0.3 is 81.0 Å². The second-order valence-electron chi connectivity index (χ2n) is 23.3. The maximum atomic E-state index is 14.5. The number of hydrogen-bond donors (Lipinski definition) is 15. The molecule has 0 unspecified atom stereocenters. The van der Waals surface area contributed by atoms with Gasteiger partial charge in [-0.25, -0.2) is 4.79 Å². The lowest BCUT2D eigenvalue weighted by Gasteiger charge is -2.30. The largest absolute Gasteiger partial charge is 0.480 e. The fraction of sp³-hybridized carbons (Fsp3) is 0.707. The van der Waals surface area contributed by atoms with Crippen molar-refractivity contribution in [3.05, 3.63) is 35.9 Å². The molecule has 9 amide bonds. The number of nitrogens with zero attached hydrogens (tertiary/aromatic N) is 1. The summed E-state index contributed by atoms with van der Waals surface area (Å²) in [5.41, 5.74) is 23.5. The highest BCUT2D eigenvalue weighted by atomic mass is 16.4. The van der Waals surface area contributed by atoms with Gasteiger partial charge in [0, 0.05) is 13.0 Å². The van der Waals surface area contributed by atoms with Crippen molar-refractivity contribution in [3.63, 3.8) is 0 Å². The van der Waals surface area contributed by atoms with Gasteiger partial charge in [-0.2, -0.15) is 0 Å². The average molecular weight is 1190 g/mol. The Morgan fingerprint density at radius 1 is 0.488 bits per heavy atom. The van der Waals surface area contributed by atoms with Crippen LogP contribution < -0.4 is 70.8 Å². The van der Waals surface area contributed by atoms with Crippen molar-refractivity contribution in [2.75, 3.05) is 13.1 Å². The highest BCUT2D eigenvalue weighted by Gasteiger charge is 2.37. The van der Waals surface area contributed by atoms with Gasteiger partial charge in [0.15, 0.2) is 5.96 Å². The van der Waals surface area contributed by atoms with E-state index < -0.39 is 137 Å². The van der Waals surface area contributed by atoms with Crippen molar-refractivity contribution in [3.8, 4) is 0 Å². The van der Waals surface area contributed by atoms with Crippen LogP contribution >= 0.6 is 0 Å². The van der Waals surface area contributed by atoms with Crippen LogP contribution in [0.3, 0.4) is 0 Å². The number of amides is 9. The number of aliphatic carboxylic acids is 1. The SMILES string of the molecule is CC[C@H](C)[C@H](NC(=O)[C@H](C)NC(=O)[C@H](Cc1ccccc1)NC(=O)[C@@H](N)[C@@H](C)O)C(=O)N[C@@H](CCCN=C(N)N)C(=O)N[C@@H](CC(C)C)C(=O)N[C@@H](CC(C)C)C(=O)N[C@@H](CCCCN)C(=O)N[C@H](C(=O)N[C@@H](CC(C)C)C(=O)O)[C@@H](C)CC. The van der Waals surface area contributed by atoms with Crippen LogP contribution in [-0.4, -0.2) is 155 Å². The van der Waals surface area contributed by atoms with E-state index in [1.807, 2.05) is 48.5 Å². The number of aliphatic hydroxyl groups excluding tert-OH is 1. The summed E-state index contributed by atoms with van der Waals surface area (Å²) in [7, 11) is 0. The number of carboxylic acid groups (broad SMARTS) is 1. The Morgan fingerprint density at radius 2 is 0.881 bits per heavy atom. The van der Waals surface area contributed by atoms with Crippen LogP contribution in [-0.2, 0) is 54.4 Å². The molecule has 0 heterocycles. The van der Waals surface area contributed by atoms with Gasteiger partial charge in [-0.15, -0.1) is 0 Å². The summed E-state index contributed by atoms with van der Waals surface area (Å²) in [6, 6.07) is -3.75. The van der Waals surface area contributed by atoms with Crippen molar-refractivity contribution in [2.45, 2.75) is 220 Å². The molecule has 0 aromatic heterocycles. The van der Waals surface area contributed by atoms with E-state index in [4.69, 9.17) is 22.9 Å². The number of aliphatic hydroxyl groups is 1. The van der Waals surface area contributed by atoms with Crippen molar-refractivity contribution < 1.29 is 58.2 Å². The van der Waals surface area contributed by atoms with E-state index in [1.54, 1.807) is 51.1 Å². The van der Waals surface area contributed by atoms with Crippen molar-refractivity contribution >= 4 is 65.1 Å². The molecule has 0 spiro atoms. The Labute approximate surface area is 496 Å². The topological polar surface area (TPSA) is 436 Å². The van der Waals surface area contributed by atoms with Gasteiger partial charge >= 0.3 is 5.97 Å². The van der Waals surface area contributed by atoms with Crippen LogP contribution in [0.25, 0.3) is 0 Å². The summed E-state index contributed by atoms with van der Waals surface area (Å²) in [5.74, 6) is -9.57.